The maximum atomic E-state index is 5.61. The van der Waals surface area contributed by atoms with Crippen LogP contribution in [0.5, 0.6) is 11.6 Å². The second kappa shape index (κ2) is 6.60. The summed E-state index contributed by atoms with van der Waals surface area (Å²) in [4.78, 5) is 8.38. The third kappa shape index (κ3) is 4.01. The van der Waals surface area contributed by atoms with Gasteiger partial charge in [-0.05, 0) is 31.2 Å². The zero-order chi connectivity index (χ0) is 14.4. The molecule has 0 atom stereocenters. The molecule has 0 unspecified atom stereocenters. The molecule has 0 amide bonds. The van der Waals surface area contributed by atoms with E-state index in [9.17, 15) is 0 Å². The topological polar surface area (TPSA) is 82.3 Å². The summed E-state index contributed by atoms with van der Waals surface area (Å²) < 4.78 is 10.7. The van der Waals surface area contributed by atoms with Crippen LogP contribution in [0.3, 0.4) is 0 Å². The molecule has 0 aliphatic rings. The first-order valence-electron chi connectivity index (χ1n) is 6.29. The predicted molar refractivity (Wildman–Crippen MR) is 78.2 cm³/mol. The van der Waals surface area contributed by atoms with Gasteiger partial charge in [0.15, 0.2) is 0 Å². The number of rotatable bonds is 6. The van der Waals surface area contributed by atoms with Gasteiger partial charge in [-0.15, -0.1) is 0 Å². The van der Waals surface area contributed by atoms with Crippen molar-refractivity contribution in [1.82, 2.24) is 9.97 Å². The highest BCUT2D eigenvalue weighted by Crippen LogP contribution is 2.14. The van der Waals surface area contributed by atoms with Crippen molar-refractivity contribution in [3.63, 3.8) is 0 Å². The molecule has 0 aliphatic heterocycles. The highest BCUT2D eigenvalue weighted by atomic mass is 16.5. The van der Waals surface area contributed by atoms with Gasteiger partial charge in [0.25, 0.3) is 0 Å². The Morgan fingerprint density at radius 2 is 1.95 bits per heavy atom. The van der Waals surface area contributed by atoms with Gasteiger partial charge in [0.1, 0.15) is 24.0 Å². The maximum absolute atomic E-state index is 5.61. The molecule has 0 spiro atoms. The van der Waals surface area contributed by atoms with E-state index in [-0.39, 0.29) is 0 Å². The minimum absolute atomic E-state index is 0.523. The molecule has 1 heterocycles. The van der Waals surface area contributed by atoms with Crippen molar-refractivity contribution in [3.8, 4) is 11.6 Å². The summed E-state index contributed by atoms with van der Waals surface area (Å²) in [6.07, 6.45) is 0. The van der Waals surface area contributed by atoms with E-state index in [1.54, 1.807) is 25.3 Å². The first kappa shape index (κ1) is 13.9. The molecular formula is C14H18N4O2. The van der Waals surface area contributed by atoms with Crippen LogP contribution in [0.4, 0.5) is 11.5 Å². The van der Waals surface area contributed by atoms with E-state index in [0.29, 0.717) is 24.9 Å². The van der Waals surface area contributed by atoms with E-state index >= 15 is 0 Å². The quantitative estimate of drug-likeness (QED) is 0.618. The van der Waals surface area contributed by atoms with Crippen LogP contribution in [0.1, 0.15) is 5.82 Å². The Bertz CT molecular complexity index is 558. The molecule has 6 nitrogen and oxygen atoms in total. The van der Waals surface area contributed by atoms with Crippen molar-refractivity contribution in [2.75, 3.05) is 31.3 Å². The summed E-state index contributed by atoms with van der Waals surface area (Å²) in [5.74, 6) is 2.71. The zero-order valence-electron chi connectivity index (χ0n) is 11.6. The van der Waals surface area contributed by atoms with Gasteiger partial charge in [-0.3, -0.25) is 0 Å². The van der Waals surface area contributed by atoms with Crippen LogP contribution in [0.25, 0.3) is 0 Å². The van der Waals surface area contributed by atoms with Crippen LogP contribution in [-0.2, 0) is 0 Å². The fourth-order valence-corrected chi connectivity index (χ4v) is 1.65. The Balaban J connectivity index is 1.81. The summed E-state index contributed by atoms with van der Waals surface area (Å²) >= 11 is 0. The minimum atomic E-state index is 0.523. The Morgan fingerprint density at radius 3 is 2.65 bits per heavy atom. The van der Waals surface area contributed by atoms with Crippen molar-refractivity contribution in [2.45, 2.75) is 6.92 Å². The summed E-state index contributed by atoms with van der Waals surface area (Å²) in [6.45, 7) is 2.97. The van der Waals surface area contributed by atoms with E-state index in [0.717, 1.165) is 17.3 Å². The fourth-order valence-electron chi connectivity index (χ4n) is 1.65. The average molecular weight is 274 g/mol. The normalized spacial score (nSPS) is 10.1. The van der Waals surface area contributed by atoms with Gasteiger partial charge < -0.3 is 20.5 Å². The zero-order valence-corrected chi connectivity index (χ0v) is 11.6. The largest absolute Gasteiger partial charge is 0.492 e. The lowest BCUT2D eigenvalue weighted by atomic mass is 10.3. The number of ether oxygens (including phenoxy) is 2. The van der Waals surface area contributed by atoms with Crippen LogP contribution >= 0.6 is 0 Å². The van der Waals surface area contributed by atoms with E-state index in [1.807, 2.05) is 19.1 Å². The van der Waals surface area contributed by atoms with Gasteiger partial charge >= 0.3 is 0 Å². The predicted octanol–water partition coefficient (Wildman–Crippen LogP) is 1.87. The van der Waals surface area contributed by atoms with E-state index < -0.39 is 0 Å². The molecule has 3 N–H and O–H groups in total. The number of aryl methyl sites for hydroxylation is 1. The number of nitrogens with one attached hydrogen (secondary N) is 1. The minimum Gasteiger partial charge on any atom is -0.492 e. The second-order valence-electron chi connectivity index (χ2n) is 4.19. The van der Waals surface area contributed by atoms with E-state index in [1.165, 1.54) is 0 Å². The molecule has 0 bridgehead atoms. The first-order valence-corrected chi connectivity index (χ1v) is 6.29. The van der Waals surface area contributed by atoms with Crippen LogP contribution < -0.4 is 20.5 Å². The average Bonchev–Trinajstić information content (AvgIpc) is 2.45. The Morgan fingerprint density at radius 1 is 1.20 bits per heavy atom. The third-order valence-electron chi connectivity index (χ3n) is 2.58. The molecule has 0 aliphatic carbocycles. The number of nitrogens with two attached hydrogens (primary N) is 1. The summed E-state index contributed by atoms with van der Waals surface area (Å²) in [6, 6.07) is 9.04. The number of aromatic nitrogens is 2. The first-order chi connectivity index (χ1) is 9.67. The van der Waals surface area contributed by atoms with E-state index in [4.69, 9.17) is 15.2 Å². The number of benzene rings is 1. The molecule has 20 heavy (non-hydrogen) atoms. The highest BCUT2D eigenvalue weighted by molar-refractivity contribution is 5.41. The smallest absolute Gasteiger partial charge is 0.218 e. The summed E-state index contributed by atoms with van der Waals surface area (Å²) in [5.41, 5.74) is 6.33. The van der Waals surface area contributed by atoms with Gasteiger partial charge in [-0.25, -0.2) is 4.98 Å². The monoisotopic (exact) mass is 274 g/mol. The molecule has 0 saturated carbocycles. The number of hydrogen-bond acceptors (Lipinski definition) is 6. The Labute approximate surface area is 118 Å². The van der Waals surface area contributed by atoms with E-state index in [2.05, 4.69) is 15.3 Å². The number of methoxy groups -OCH3 is 1. The Hall–Kier alpha value is -2.50. The molecule has 1 aromatic carbocycles. The summed E-state index contributed by atoms with van der Waals surface area (Å²) in [5, 5.41) is 3.16. The number of nitrogens with zero attached hydrogens (tertiary/aromatic N) is 2. The lowest BCUT2D eigenvalue weighted by molar-refractivity contribution is 0.332. The lowest BCUT2D eigenvalue weighted by Crippen LogP contribution is -2.13. The number of hydrogen-bond donors (Lipinski definition) is 2. The number of nitrogen functional groups attached to an aromatic ring is 1. The molecule has 0 radical (unpaired) electrons. The molecule has 106 valence electrons. The molecule has 1 aromatic heterocycles. The van der Waals surface area contributed by atoms with Crippen molar-refractivity contribution >= 4 is 11.5 Å². The molecule has 6 heteroatoms. The third-order valence-corrected chi connectivity index (χ3v) is 2.58. The van der Waals surface area contributed by atoms with Gasteiger partial charge in [0.2, 0.25) is 5.88 Å². The van der Waals surface area contributed by atoms with Crippen LogP contribution in [0, 0.1) is 6.92 Å². The molecular weight excluding hydrogens is 256 g/mol. The van der Waals surface area contributed by atoms with Crippen LogP contribution in [0.15, 0.2) is 30.3 Å². The highest BCUT2D eigenvalue weighted by Gasteiger charge is 2.01. The number of anilines is 2. The second-order valence-corrected chi connectivity index (χ2v) is 4.19. The van der Waals surface area contributed by atoms with Gasteiger partial charge in [0, 0.05) is 11.8 Å². The Kier molecular flexibility index (Phi) is 4.60. The maximum Gasteiger partial charge on any atom is 0.218 e. The van der Waals surface area contributed by atoms with Gasteiger partial charge in [-0.2, -0.15) is 4.98 Å². The molecule has 2 aromatic rings. The van der Waals surface area contributed by atoms with Crippen molar-refractivity contribution in [1.29, 1.82) is 0 Å². The van der Waals surface area contributed by atoms with Crippen molar-refractivity contribution in [2.24, 2.45) is 0 Å². The summed E-state index contributed by atoms with van der Waals surface area (Å²) in [7, 11) is 1.58. The van der Waals surface area contributed by atoms with Crippen molar-refractivity contribution < 1.29 is 9.47 Å². The SMILES string of the molecule is COc1cc(NCCOc2ccc(N)cc2)nc(C)n1. The van der Waals surface area contributed by atoms with Gasteiger partial charge in [0.05, 0.1) is 13.7 Å². The molecule has 0 saturated heterocycles. The molecule has 0 fully saturated rings. The van der Waals surface area contributed by atoms with Gasteiger partial charge in [-0.1, -0.05) is 0 Å². The molecule has 2 rings (SSSR count). The van der Waals surface area contributed by atoms with Crippen molar-refractivity contribution in [3.05, 3.63) is 36.2 Å². The fraction of sp³-hybridized carbons (Fsp3) is 0.286. The lowest BCUT2D eigenvalue weighted by Gasteiger charge is -2.09. The standard InChI is InChI=1S/C14H18N4O2/c1-10-17-13(9-14(18-10)19-2)16-7-8-20-12-5-3-11(15)4-6-12/h3-6,9H,7-8,15H2,1-2H3,(H,16,17,18). The van der Waals surface area contributed by atoms with Crippen LogP contribution in [0.2, 0.25) is 0 Å². The van der Waals surface area contributed by atoms with Crippen LogP contribution in [-0.4, -0.2) is 30.2 Å².